The predicted molar refractivity (Wildman–Crippen MR) is 75.8 cm³/mol. The zero-order valence-corrected chi connectivity index (χ0v) is 11.0. The Morgan fingerprint density at radius 2 is 2.00 bits per heavy atom. The minimum Gasteiger partial charge on any atom is -0.349 e. The summed E-state index contributed by atoms with van der Waals surface area (Å²) in [6.07, 6.45) is 4.46. The highest BCUT2D eigenvalue weighted by atomic mass is 15.3. The zero-order chi connectivity index (χ0) is 13.6. The van der Waals surface area contributed by atoms with E-state index in [0.717, 1.165) is 35.7 Å². The number of rotatable bonds is 6. The summed E-state index contributed by atoms with van der Waals surface area (Å²) in [6.45, 7) is 1.52. The van der Waals surface area contributed by atoms with Crippen LogP contribution < -0.4 is 5.32 Å². The number of nitrogens with zero attached hydrogens (tertiary/aromatic N) is 3. The Balaban J connectivity index is 1.57. The van der Waals surface area contributed by atoms with Crippen LogP contribution in [0.1, 0.15) is 11.5 Å². The molecular formula is C14H16N6. The van der Waals surface area contributed by atoms with Gasteiger partial charge in [0.15, 0.2) is 0 Å². The molecule has 0 saturated carbocycles. The van der Waals surface area contributed by atoms with Crippen molar-refractivity contribution >= 4 is 0 Å². The molecule has 3 aromatic rings. The molecule has 20 heavy (non-hydrogen) atoms. The molecule has 0 aliphatic carbocycles. The van der Waals surface area contributed by atoms with Crippen molar-refractivity contribution in [2.45, 2.75) is 13.0 Å². The van der Waals surface area contributed by atoms with Gasteiger partial charge in [-0.25, -0.2) is 4.98 Å². The summed E-state index contributed by atoms with van der Waals surface area (Å²) >= 11 is 0. The van der Waals surface area contributed by atoms with Crippen molar-refractivity contribution in [3.8, 4) is 11.3 Å². The molecule has 0 amide bonds. The van der Waals surface area contributed by atoms with Gasteiger partial charge >= 0.3 is 0 Å². The fourth-order valence-corrected chi connectivity index (χ4v) is 2.05. The number of imidazole rings is 1. The molecule has 6 heteroatoms. The van der Waals surface area contributed by atoms with E-state index in [0.29, 0.717) is 6.54 Å². The summed E-state index contributed by atoms with van der Waals surface area (Å²) in [4.78, 5) is 7.27. The Hall–Kier alpha value is -2.47. The molecule has 1 aromatic carbocycles. The van der Waals surface area contributed by atoms with Crippen LogP contribution in [0.2, 0.25) is 0 Å². The molecule has 2 aromatic heterocycles. The molecule has 2 heterocycles. The number of benzene rings is 1. The lowest BCUT2D eigenvalue weighted by molar-refractivity contribution is 0.662. The van der Waals surface area contributed by atoms with E-state index in [1.807, 2.05) is 36.5 Å². The van der Waals surface area contributed by atoms with E-state index < -0.39 is 0 Å². The van der Waals surface area contributed by atoms with Crippen LogP contribution in [-0.2, 0) is 13.0 Å². The van der Waals surface area contributed by atoms with Gasteiger partial charge in [0.05, 0.1) is 0 Å². The van der Waals surface area contributed by atoms with Crippen LogP contribution >= 0.6 is 0 Å². The number of H-pyrrole nitrogens is 2. The van der Waals surface area contributed by atoms with Crippen molar-refractivity contribution in [1.29, 1.82) is 0 Å². The van der Waals surface area contributed by atoms with Crippen LogP contribution in [0.3, 0.4) is 0 Å². The molecule has 0 saturated heterocycles. The Kier molecular flexibility index (Phi) is 3.84. The van der Waals surface area contributed by atoms with Crippen molar-refractivity contribution in [2.24, 2.45) is 0 Å². The molecule has 0 fully saturated rings. The lowest BCUT2D eigenvalue weighted by atomic mass is 10.1. The molecule has 0 aliphatic rings. The first kappa shape index (κ1) is 12.6. The van der Waals surface area contributed by atoms with Crippen molar-refractivity contribution in [1.82, 2.24) is 30.7 Å². The van der Waals surface area contributed by atoms with Crippen molar-refractivity contribution in [3.05, 3.63) is 54.2 Å². The second-order valence-electron chi connectivity index (χ2n) is 4.45. The quantitative estimate of drug-likeness (QED) is 0.592. The number of aromatic amines is 2. The summed E-state index contributed by atoms with van der Waals surface area (Å²) in [5.41, 5.74) is 2.90. The van der Waals surface area contributed by atoms with Gasteiger partial charge in [-0.05, 0) is 0 Å². The first-order valence-corrected chi connectivity index (χ1v) is 6.57. The third-order valence-electron chi connectivity index (χ3n) is 3.05. The highest BCUT2D eigenvalue weighted by molar-refractivity contribution is 5.60. The maximum Gasteiger partial charge on any atom is 0.117 e. The summed E-state index contributed by atoms with van der Waals surface area (Å²) in [6, 6.07) is 10.1. The van der Waals surface area contributed by atoms with Gasteiger partial charge in [-0.15, -0.1) is 0 Å². The lowest BCUT2D eigenvalue weighted by Crippen LogP contribution is -2.17. The lowest BCUT2D eigenvalue weighted by Gasteiger charge is -2.03. The van der Waals surface area contributed by atoms with E-state index in [2.05, 4.69) is 30.7 Å². The fraction of sp³-hybridized carbons (Fsp3) is 0.214. The molecule has 6 nitrogen and oxygen atoms in total. The zero-order valence-electron chi connectivity index (χ0n) is 11.0. The maximum absolute atomic E-state index is 4.22. The normalized spacial score (nSPS) is 10.8. The van der Waals surface area contributed by atoms with Gasteiger partial charge in [0.2, 0.25) is 0 Å². The molecule has 3 rings (SSSR count). The molecule has 0 radical (unpaired) electrons. The third kappa shape index (κ3) is 2.92. The number of hydrogen-bond acceptors (Lipinski definition) is 4. The first-order valence-electron chi connectivity index (χ1n) is 6.57. The van der Waals surface area contributed by atoms with Crippen LogP contribution in [-0.4, -0.2) is 31.9 Å². The van der Waals surface area contributed by atoms with E-state index in [-0.39, 0.29) is 0 Å². The van der Waals surface area contributed by atoms with Crippen LogP contribution in [0.4, 0.5) is 0 Å². The van der Waals surface area contributed by atoms with Gasteiger partial charge in [-0.1, -0.05) is 30.3 Å². The number of nitrogens with one attached hydrogen (secondary N) is 3. The second-order valence-corrected chi connectivity index (χ2v) is 4.45. The van der Waals surface area contributed by atoms with Gasteiger partial charge in [-0.2, -0.15) is 15.4 Å². The Morgan fingerprint density at radius 1 is 1.10 bits per heavy atom. The summed E-state index contributed by atoms with van der Waals surface area (Å²) in [5.74, 6) is 0.987. The van der Waals surface area contributed by atoms with Crippen LogP contribution in [0.15, 0.2) is 42.7 Å². The van der Waals surface area contributed by atoms with E-state index in [1.165, 1.54) is 0 Å². The summed E-state index contributed by atoms with van der Waals surface area (Å²) in [5, 5.41) is 14.5. The standard InChI is InChI=1S/C14H16N6/c1-2-4-11(5-3-1)14-12(18-20-19-14)10-15-7-6-13-16-8-9-17-13/h1-5,8-9,15H,6-7,10H2,(H,16,17)(H,18,19,20). The van der Waals surface area contributed by atoms with Crippen LogP contribution in [0, 0.1) is 0 Å². The van der Waals surface area contributed by atoms with E-state index in [4.69, 9.17) is 0 Å². The van der Waals surface area contributed by atoms with Crippen LogP contribution in [0.5, 0.6) is 0 Å². The maximum atomic E-state index is 4.22. The minimum atomic E-state index is 0.682. The first-order chi connectivity index (χ1) is 9.93. The molecule has 3 N–H and O–H groups in total. The van der Waals surface area contributed by atoms with Crippen molar-refractivity contribution < 1.29 is 0 Å². The number of aromatic nitrogens is 5. The molecule has 102 valence electrons. The summed E-state index contributed by atoms with van der Waals surface area (Å²) < 4.78 is 0. The Labute approximate surface area is 116 Å². The highest BCUT2D eigenvalue weighted by Crippen LogP contribution is 2.18. The fourth-order valence-electron chi connectivity index (χ4n) is 2.05. The molecule has 0 aliphatic heterocycles. The molecule has 0 spiro atoms. The largest absolute Gasteiger partial charge is 0.349 e. The minimum absolute atomic E-state index is 0.682. The number of hydrogen-bond donors (Lipinski definition) is 3. The van der Waals surface area contributed by atoms with Gasteiger partial charge in [0.25, 0.3) is 0 Å². The van der Waals surface area contributed by atoms with Crippen molar-refractivity contribution in [3.63, 3.8) is 0 Å². The van der Waals surface area contributed by atoms with E-state index >= 15 is 0 Å². The third-order valence-corrected chi connectivity index (χ3v) is 3.05. The molecule has 0 bridgehead atoms. The van der Waals surface area contributed by atoms with Gasteiger partial charge in [-0.3, -0.25) is 0 Å². The van der Waals surface area contributed by atoms with Crippen molar-refractivity contribution in [2.75, 3.05) is 6.54 Å². The highest BCUT2D eigenvalue weighted by Gasteiger charge is 2.09. The Bertz CT molecular complexity index is 629. The second kappa shape index (κ2) is 6.12. The monoisotopic (exact) mass is 268 g/mol. The van der Waals surface area contributed by atoms with E-state index in [9.17, 15) is 0 Å². The van der Waals surface area contributed by atoms with Gasteiger partial charge in [0, 0.05) is 37.5 Å². The Morgan fingerprint density at radius 3 is 2.80 bits per heavy atom. The molecule has 0 unspecified atom stereocenters. The van der Waals surface area contributed by atoms with Gasteiger partial charge in [0.1, 0.15) is 17.2 Å². The SMILES string of the molecule is c1ccc(-c2n[nH]nc2CNCCc2ncc[nH]2)cc1. The average Bonchev–Trinajstić information content (AvgIpc) is 3.16. The smallest absolute Gasteiger partial charge is 0.117 e. The topological polar surface area (TPSA) is 82.3 Å². The van der Waals surface area contributed by atoms with E-state index in [1.54, 1.807) is 6.20 Å². The molecule has 0 atom stereocenters. The van der Waals surface area contributed by atoms with Crippen LogP contribution in [0.25, 0.3) is 11.3 Å². The predicted octanol–water partition coefficient (Wildman–Crippen LogP) is 1.53. The molecular weight excluding hydrogens is 252 g/mol. The summed E-state index contributed by atoms with van der Waals surface area (Å²) in [7, 11) is 0. The van der Waals surface area contributed by atoms with Gasteiger partial charge < -0.3 is 10.3 Å². The average molecular weight is 268 g/mol.